The largest absolute Gasteiger partial charge is 0.449 e. The Kier molecular flexibility index (Phi) is 20.0. The van der Waals surface area contributed by atoms with Crippen molar-refractivity contribution < 1.29 is 32.7 Å². The molecule has 1 aromatic heterocycles. The van der Waals surface area contributed by atoms with E-state index in [9.17, 15) is 28.0 Å². The lowest BCUT2D eigenvalue weighted by molar-refractivity contribution is -0.129. The lowest BCUT2D eigenvalue weighted by Gasteiger charge is -2.21. The van der Waals surface area contributed by atoms with Gasteiger partial charge in [0.05, 0.1) is 6.04 Å². The molecule has 0 aliphatic heterocycles. The number of rotatable bonds is 18. The van der Waals surface area contributed by atoms with E-state index in [2.05, 4.69) is 61.5 Å². The lowest BCUT2D eigenvalue weighted by Crippen LogP contribution is -2.52. The van der Waals surface area contributed by atoms with Gasteiger partial charge < -0.3 is 53.1 Å². The smallest absolute Gasteiger partial charge is 0.407 e. The summed E-state index contributed by atoms with van der Waals surface area (Å²) in [6, 6.07) is 44.2. The zero-order valence-electron chi connectivity index (χ0n) is 40.5. The van der Waals surface area contributed by atoms with E-state index in [4.69, 9.17) is 21.9 Å². The molecule has 1 aliphatic carbocycles. The summed E-state index contributed by atoms with van der Waals surface area (Å²) in [7, 11) is 3.76. The summed E-state index contributed by atoms with van der Waals surface area (Å²) in [6.45, 7) is 1.70. The van der Waals surface area contributed by atoms with Crippen LogP contribution in [0.4, 0.5) is 19.3 Å². The van der Waals surface area contributed by atoms with Gasteiger partial charge in [-0.15, -0.1) is 0 Å². The van der Waals surface area contributed by atoms with Crippen LogP contribution in [0, 0.1) is 11.6 Å². The summed E-state index contributed by atoms with van der Waals surface area (Å²) in [5.41, 5.74) is 26.1. The normalized spacial score (nSPS) is 12.6. The molecule has 1 heterocycles. The zero-order valence-corrected chi connectivity index (χ0v) is 40.5. The maximum absolute atomic E-state index is 13.3. The molecular formula is C56H63F2N9O5. The average Bonchev–Trinajstić information content (AvgIpc) is 3.93. The molecule has 0 saturated carbocycles. The number of halogens is 2. The second kappa shape index (κ2) is 26.9. The van der Waals surface area contributed by atoms with Gasteiger partial charge in [0.1, 0.15) is 18.7 Å². The number of alkyl carbamates (subject to hydrolysis) is 1. The first kappa shape index (κ1) is 53.4. The second-order valence-electron chi connectivity index (χ2n) is 17.3. The van der Waals surface area contributed by atoms with Gasteiger partial charge in [0.25, 0.3) is 0 Å². The molecule has 1 aliphatic rings. The van der Waals surface area contributed by atoms with Crippen molar-refractivity contribution >= 4 is 40.4 Å². The summed E-state index contributed by atoms with van der Waals surface area (Å²) in [5.74, 6) is -3.14. The summed E-state index contributed by atoms with van der Waals surface area (Å²) in [4.78, 5) is 50.1. The van der Waals surface area contributed by atoms with Gasteiger partial charge in [0.2, 0.25) is 17.7 Å². The number of anilines is 1. The number of carbonyl (C=O) groups excluding carboxylic acids is 4. The number of aryl methyl sites for hydroxylation is 1. The topological polar surface area (TPSA) is 221 Å². The van der Waals surface area contributed by atoms with Crippen LogP contribution in [-0.2, 0) is 45.7 Å². The molecule has 0 unspecified atom stereocenters. The maximum Gasteiger partial charge on any atom is 0.407 e. The number of hydrogen-bond donors (Lipinski definition) is 8. The van der Waals surface area contributed by atoms with E-state index in [0.29, 0.717) is 38.0 Å². The van der Waals surface area contributed by atoms with Crippen molar-refractivity contribution in [2.45, 2.75) is 56.4 Å². The predicted molar refractivity (Wildman–Crippen MR) is 278 cm³/mol. The summed E-state index contributed by atoms with van der Waals surface area (Å²) in [6.07, 6.45) is 2.13. The number of benzene rings is 6. The SMILES string of the molecule is CNCC[C@H](NC(=O)[C@@H](N)Cc1ccc(F)c(F)c1)C(=O)NCc1ccccc1.Cn1ccc2ccc(N)cc21.NCC[C@H](NC(=O)OCC1c2ccccc2-c2ccccc21)C(=O)NCc1ccccc1. The van der Waals surface area contributed by atoms with Crippen molar-refractivity contribution in [1.82, 2.24) is 31.2 Å². The van der Waals surface area contributed by atoms with Gasteiger partial charge in [0.15, 0.2) is 11.6 Å². The van der Waals surface area contributed by atoms with Crippen molar-refractivity contribution in [3.8, 4) is 11.1 Å². The van der Waals surface area contributed by atoms with Crippen LogP contribution >= 0.6 is 0 Å². The molecule has 6 aromatic carbocycles. The number of ether oxygens (including phenoxy) is 1. The van der Waals surface area contributed by atoms with Crippen LogP contribution < -0.4 is 43.8 Å². The molecule has 0 fully saturated rings. The molecule has 14 nitrogen and oxygen atoms in total. The van der Waals surface area contributed by atoms with Crippen LogP contribution in [0.15, 0.2) is 158 Å². The number of fused-ring (bicyclic) bond motifs is 4. The Balaban J connectivity index is 0.000000195. The predicted octanol–water partition coefficient (Wildman–Crippen LogP) is 6.56. The lowest BCUT2D eigenvalue weighted by atomic mass is 9.98. The van der Waals surface area contributed by atoms with Gasteiger partial charge in [-0.3, -0.25) is 14.4 Å². The molecule has 0 saturated heterocycles. The number of hydrogen-bond acceptors (Lipinski definition) is 9. The standard InChI is InChI=1S/C26H27N3O3.C21H26F2N4O2.C9H10N2/c27-15-14-24(25(30)28-16-18-8-2-1-3-9-18)29-26(31)32-17-23-21-12-6-4-10-19(21)20-11-5-7-13-22(20)23;1-25-10-9-19(21(29)26-13-14-5-3-2-4-6-14)27-20(28)18(24)12-15-7-8-16(22)17(23)11-15;1-11-5-4-7-2-3-8(10)6-9(7)11/h1-13,23-24H,14-17,27H2,(H,28,30)(H,29,31);2-8,11,18-19,25H,9-10,12-13,24H2,1H3,(H,26,29)(H,27,28);2-6H,10H2,1H3/t24-;18-,19-;/m00./s1. The fourth-order valence-electron chi connectivity index (χ4n) is 8.16. The fourth-order valence-corrected chi connectivity index (χ4v) is 8.16. The second-order valence-corrected chi connectivity index (χ2v) is 17.3. The first-order valence-corrected chi connectivity index (χ1v) is 23.7. The van der Waals surface area contributed by atoms with Gasteiger partial charge in [0, 0.05) is 43.5 Å². The van der Waals surface area contributed by atoms with Crippen LogP contribution in [0.3, 0.4) is 0 Å². The number of aromatic nitrogens is 1. The molecule has 16 heteroatoms. The highest BCUT2D eigenvalue weighted by Crippen LogP contribution is 2.44. The third kappa shape index (κ3) is 15.3. The van der Waals surface area contributed by atoms with Crippen molar-refractivity contribution in [1.29, 1.82) is 0 Å². The quantitative estimate of drug-likeness (QED) is 0.0436. The highest BCUT2D eigenvalue weighted by atomic mass is 19.2. The van der Waals surface area contributed by atoms with Crippen molar-refractivity contribution in [3.05, 3.63) is 197 Å². The zero-order chi connectivity index (χ0) is 51.4. The molecular weight excluding hydrogens is 917 g/mol. The Bertz CT molecular complexity index is 2840. The van der Waals surface area contributed by atoms with E-state index >= 15 is 0 Å². The van der Waals surface area contributed by atoms with E-state index in [-0.39, 0.29) is 37.3 Å². The van der Waals surface area contributed by atoms with E-state index in [1.807, 2.05) is 116 Å². The monoisotopic (exact) mass is 979 g/mol. The molecule has 3 atom stereocenters. The Morgan fingerprint density at radius 2 is 1.22 bits per heavy atom. The van der Waals surface area contributed by atoms with Gasteiger partial charge in [-0.05, 0) is 114 Å². The van der Waals surface area contributed by atoms with E-state index in [0.717, 1.165) is 40.1 Å². The Morgan fingerprint density at radius 3 is 1.79 bits per heavy atom. The molecule has 7 aromatic rings. The van der Waals surface area contributed by atoms with E-state index in [1.54, 1.807) is 7.05 Å². The molecule has 0 spiro atoms. The van der Waals surface area contributed by atoms with Crippen LogP contribution in [-0.4, -0.2) is 73.3 Å². The van der Waals surface area contributed by atoms with Crippen LogP contribution in [0.2, 0.25) is 0 Å². The fraction of sp³-hybridized carbons (Fsp3) is 0.250. The third-order valence-electron chi connectivity index (χ3n) is 12.0. The Hall–Kier alpha value is -7.92. The highest BCUT2D eigenvalue weighted by Gasteiger charge is 2.30. The molecule has 4 amide bonds. The minimum absolute atomic E-state index is 0.0212. The first-order chi connectivity index (χ1) is 34.8. The van der Waals surface area contributed by atoms with E-state index < -0.39 is 41.8 Å². The summed E-state index contributed by atoms with van der Waals surface area (Å²) >= 11 is 0. The van der Waals surface area contributed by atoms with Crippen LogP contribution in [0.25, 0.3) is 22.0 Å². The van der Waals surface area contributed by atoms with Gasteiger partial charge in [-0.2, -0.15) is 0 Å². The molecule has 11 N–H and O–H groups in total. The molecule has 376 valence electrons. The van der Waals surface area contributed by atoms with Gasteiger partial charge in [-0.1, -0.05) is 121 Å². The molecule has 0 bridgehead atoms. The van der Waals surface area contributed by atoms with Gasteiger partial charge >= 0.3 is 6.09 Å². The van der Waals surface area contributed by atoms with Gasteiger partial charge in [-0.25, -0.2) is 13.6 Å². The number of nitrogen functional groups attached to an aromatic ring is 1. The van der Waals surface area contributed by atoms with Crippen molar-refractivity contribution in [3.63, 3.8) is 0 Å². The Morgan fingerprint density at radius 1 is 0.653 bits per heavy atom. The van der Waals surface area contributed by atoms with Crippen molar-refractivity contribution in [2.75, 3.05) is 32.5 Å². The average molecular weight is 980 g/mol. The van der Waals surface area contributed by atoms with Crippen molar-refractivity contribution in [2.24, 2.45) is 18.5 Å². The van der Waals surface area contributed by atoms with Crippen LogP contribution in [0.1, 0.15) is 46.6 Å². The van der Waals surface area contributed by atoms with Crippen LogP contribution in [0.5, 0.6) is 0 Å². The summed E-state index contributed by atoms with van der Waals surface area (Å²) in [5, 5.41) is 15.2. The third-order valence-corrected chi connectivity index (χ3v) is 12.0. The number of carbonyl (C=O) groups is 4. The minimum Gasteiger partial charge on any atom is -0.449 e. The molecule has 0 radical (unpaired) electrons. The molecule has 72 heavy (non-hydrogen) atoms. The number of nitrogens with zero attached hydrogens (tertiary/aromatic N) is 1. The Labute approximate surface area is 418 Å². The number of amides is 4. The number of nitrogens with two attached hydrogens (primary N) is 3. The maximum atomic E-state index is 13.3. The van der Waals surface area contributed by atoms with E-state index in [1.165, 1.54) is 28.1 Å². The number of nitrogens with one attached hydrogen (secondary N) is 5. The first-order valence-electron chi connectivity index (χ1n) is 23.7. The highest BCUT2D eigenvalue weighted by molar-refractivity contribution is 5.90. The molecule has 8 rings (SSSR count). The summed E-state index contributed by atoms with van der Waals surface area (Å²) < 4.78 is 34.0. The minimum atomic E-state index is -1.00.